The average molecular weight is 452 g/mol. The number of pyridine rings is 1. The van der Waals surface area contributed by atoms with Gasteiger partial charge in [-0.15, -0.1) is 0 Å². The van der Waals surface area contributed by atoms with E-state index in [1.54, 1.807) is 20.4 Å². The summed E-state index contributed by atoms with van der Waals surface area (Å²) in [6.07, 6.45) is 7.42. The number of ether oxygens (including phenoxy) is 2. The third kappa shape index (κ3) is 5.46. The maximum atomic E-state index is 6.30. The lowest BCUT2D eigenvalue weighted by Gasteiger charge is -2.25. The molecule has 0 amide bonds. The van der Waals surface area contributed by atoms with E-state index in [9.17, 15) is 0 Å². The van der Waals surface area contributed by atoms with E-state index >= 15 is 0 Å². The molecule has 5 nitrogen and oxygen atoms in total. The second kappa shape index (κ2) is 11.6. The van der Waals surface area contributed by atoms with Gasteiger partial charge in [0, 0.05) is 29.7 Å². The second-order valence-electron chi connectivity index (χ2n) is 7.29. The zero-order chi connectivity index (χ0) is 22.9. The third-order valence-corrected chi connectivity index (χ3v) is 5.78. The number of halogens is 1. The van der Waals surface area contributed by atoms with E-state index in [0.29, 0.717) is 23.5 Å². The molecule has 1 unspecified atom stereocenters. The van der Waals surface area contributed by atoms with Gasteiger partial charge in [-0.1, -0.05) is 67.9 Å². The number of methoxy groups -OCH3 is 2. The Morgan fingerprint density at radius 3 is 2.41 bits per heavy atom. The highest BCUT2D eigenvalue weighted by atomic mass is 35.5. The number of aromatic nitrogens is 3. The smallest absolute Gasteiger partial charge is 0.319 e. The Labute approximate surface area is 195 Å². The molecule has 168 valence electrons. The van der Waals surface area contributed by atoms with Gasteiger partial charge in [0.2, 0.25) is 5.88 Å². The van der Waals surface area contributed by atoms with Gasteiger partial charge < -0.3 is 9.47 Å². The fourth-order valence-electron chi connectivity index (χ4n) is 3.98. The SMILES string of the molecule is CC.COc1nc(OC)c(Cc2ccccc2)c(C2CC=C(c3cccnc3Cl)CC2)n1. The fraction of sp³-hybridized carbons (Fsp3) is 0.346. The van der Waals surface area contributed by atoms with Crippen molar-refractivity contribution in [2.45, 2.75) is 45.4 Å². The molecule has 3 aromatic rings. The lowest BCUT2D eigenvalue weighted by molar-refractivity contribution is 0.344. The molecule has 6 heteroatoms. The van der Waals surface area contributed by atoms with Crippen molar-refractivity contribution in [2.24, 2.45) is 0 Å². The van der Waals surface area contributed by atoms with Gasteiger partial charge in [-0.05, 0) is 36.5 Å². The van der Waals surface area contributed by atoms with Gasteiger partial charge in [-0.3, -0.25) is 0 Å². The summed E-state index contributed by atoms with van der Waals surface area (Å²) in [5.74, 6) is 0.833. The zero-order valence-electron chi connectivity index (χ0n) is 19.1. The van der Waals surface area contributed by atoms with Gasteiger partial charge in [-0.25, -0.2) is 4.98 Å². The van der Waals surface area contributed by atoms with Crippen molar-refractivity contribution in [3.05, 3.63) is 82.3 Å². The molecule has 0 saturated heterocycles. The summed E-state index contributed by atoms with van der Waals surface area (Å²) in [6.45, 7) is 4.00. The van der Waals surface area contributed by atoms with E-state index in [1.165, 1.54) is 11.1 Å². The second-order valence-corrected chi connectivity index (χ2v) is 7.65. The lowest BCUT2D eigenvalue weighted by atomic mass is 9.83. The first-order valence-electron chi connectivity index (χ1n) is 11.0. The molecule has 0 bridgehead atoms. The summed E-state index contributed by atoms with van der Waals surface area (Å²) in [6, 6.07) is 14.6. The molecule has 1 aliphatic rings. The van der Waals surface area contributed by atoms with E-state index < -0.39 is 0 Å². The first-order chi connectivity index (χ1) is 15.7. The highest BCUT2D eigenvalue weighted by molar-refractivity contribution is 6.31. The van der Waals surface area contributed by atoms with Crippen molar-refractivity contribution >= 4 is 17.2 Å². The molecule has 1 atom stereocenters. The van der Waals surface area contributed by atoms with Gasteiger partial charge in [-0.2, -0.15) is 9.97 Å². The number of rotatable bonds is 6. The van der Waals surface area contributed by atoms with E-state index in [4.69, 9.17) is 26.1 Å². The lowest BCUT2D eigenvalue weighted by Crippen LogP contribution is -2.13. The van der Waals surface area contributed by atoms with Crippen LogP contribution in [-0.2, 0) is 6.42 Å². The Morgan fingerprint density at radius 1 is 1.00 bits per heavy atom. The Balaban J connectivity index is 0.00000141. The Morgan fingerprint density at radius 2 is 1.78 bits per heavy atom. The van der Waals surface area contributed by atoms with Gasteiger partial charge >= 0.3 is 6.01 Å². The fourth-order valence-corrected chi connectivity index (χ4v) is 4.22. The molecule has 0 spiro atoms. The number of nitrogens with zero attached hydrogens (tertiary/aromatic N) is 3. The van der Waals surface area contributed by atoms with Crippen LogP contribution in [-0.4, -0.2) is 29.2 Å². The van der Waals surface area contributed by atoms with Crippen LogP contribution in [0.1, 0.15) is 61.4 Å². The van der Waals surface area contributed by atoms with Gasteiger partial charge in [0.25, 0.3) is 0 Å². The first kappa shape index (κ1) is 23.7. The minimum absolute atomic E-state index is 0.258. The van der Waals surface area contributed by atoms with Crippen molar-refractivity contribution in [3.63, 3.8) is 0 Å². The van der Waals surface area contributed by atoms with Crippen LogP contribution >= 0.6 is 11.6 Å². The Kier molecular flexibility index (Phi) is 8.63. The summed E-state index contributed by atoms with van der Waals surface area (Å²) in [7, 11) is 3.22. The van der Waals surface area contributed by atoms with Crippen molar-refractivity contribution in [1.82, 2.24) is 15.0 Å². The highest BCUT2D eigenvalue weighted by Crippen LogP contribution is 2.40. The zero-order valence-corrected chi connectivity index (χ0v) is 19.9. The maximum Gasteiger partial charge on any atom is 0.319 e. The molecule has 0 fully saturated rings. The molecule has 0 radical (unpaired) electrons. The van der Waals surface area contributed by atoms with Gasteiger partial charge in [0.1, 0.15) is 5.15 Å². The van der Waals surface area contributed by atoms with E-state index in [-0.39, 0.29) is 5.92 Å². The molecular weight excluding hydrogens is 422 g/mol. The quantitative estimate of drug-likeness (QED) is 0.400. The predicted octanol–water partition coefficient (Wildman–Crippen LogP) is 6.51. The third-order valence-electron chi connectivity index (χ3n) is 5.48. The Hall–Kier alpha value is -2.92. The predicted molar refractivity (Wildman–Crippen MR) is 130 cm³/mol. The normalized spacial score (nSPS) is 15.3. The van der Waals surface area contributed by atoms with Crippen LogP contribution in [0.15, 0.2) is 54.7 Å². The van der Waals surface area contributed by atoms with E-state index in [1.807, 2.05) is 44.2 Å². The monoisotopic (exact) mass is 451 g/mol. The topological polar surface area (TPSA) is 57.1 Å². The molecule has 1 aliphatic carbocycles. The molecule has 1 aromatic carbocycles. The van der Waals surface area contributed by atoms with Gasteiger partial charge in [0.05, 0.1) is 19.9 Å². The van der Waals surface area contributed by atoms with Crippen LogP contribution in [0.25, 0.3) is 5.57 Å². The minimum atomic E-state index is 0.258. The number of allylic oxidation sites excluding steroid dienone is 2. The maximum absolute atomic E-state index is 6.30. The summed E-state index contributed by atoms with van der Waals surface area (Å²) in [5, 5.41) is 0.553. The largest absolute Gasteiger partial charge is 0.481 e. The average Bonchev–Trinajstić information content (AvgIpc) is 2.86. The molecule has 2 heterocycles. The molecule has 0 aliphatic heterocycles. The van der Waals surface area contributed by atoms with Crippen LogP contribution in [0.5, 0.6) is 11.9 Å². The van der Waals surface area contributed by atoms with Crippen LogP contribution in [0.2, 0.25) is 5.15 Å². The number of benzene rings is 1. The molecular formula is C26H30ClN3O2. The summed E-state index contributed by atoms with van der Waals surface area (Å²) < 4.78 is 11.0. The summed E-state index contributed by atoms with van der Waals surface area (Å²) in [4.78, 5) is 13.4. The van der Waals surface area contributed by atoms with Crippen LogP contribution in [0, 0.1) is 0 Å². The number of hydrogen-bond donors (Lipinski definition) is 0. The molecule has 32 heavy (non-hydrogen) atoms. The number of hydrogen-bond acceptors (Lipinski definition) is 5. The standard InChI is InChI=1S/C24H24ClN3O2.C2H6/c1-29-23-20(15-16-7-4-3-5-8-16)21(27-24(28-23)30-2)18-12-10-17(11-13-18)19-9-6-14-26-22(19)25;1-2/h3-10,14,18H,11-13,15H2,1-2H3;1-2H3. The first-order valence-corrected chi connectivity index (χ1v) is 11.4. The van der Waals surface area contributed by atoms with Crippen LogP contribution in [0.4, 0.5) is 0 Å². The van der Waals surface area contributed by atoms with Gasteiger partial charge in [0.15, 0.2) is 0 Å². The van der Waals surface area contributed by atoms with Crippen molar-refractivity contribution < 1.29 is 9.47 Å². The highest BCUT2D eigenvalue weighted by Gasteiger charge is 2.26. The van der Waals surface area contributed by atoms with Crippen LogP contribution in [0.3, 0.4) is 0 Å². The van der Waals surface area contributed by atoms with Crippen molar-refractivity contribution in [3.8, 4) is 11.9 Å². The molecule has 0 saturated carbocycles. The van der Waals surface area contributed by atoms with Crippen molar-refractivity contribution in [1.29, 1.82) is 0 Å². The summed E-state index contributed by atoms with van der Waals surface area (Å²) >= 11 is 6.30. The van der Waals surface area contributed by atoms with Crippen LogP contribution < -0.4 is 9.47 Å². The molecule has 0 N–H and O–H groups in total. The minimum Gasteiger partial charge on any atom is -0.481 e. The Bertz CT molecular complexity index is 1050. The molecule has 4 rings (SSSR count). The molecule has 2 aromatic heterocycles. The van der Waals surface area contributed by atoms with E-state index in [0.717, 1.165) is 36.1 Å². The van der Waals surface area contributed by atoms with E-state index in [2.05, 4.69) is 28.2 Å². The summed E-state index contributed by atoms with van der Waals surface area (Å²) in [5.41, 5.74) is 5.46. The van der Waals surface area contributed by atoms with Crippen molar-refractivity contribution in [2.75, 3.05) is 14.2 Å².